The summed E-state index contributed by atoms with van der Waals surface area (Å²) in [5.74, 6) is -0.476. The molecule has 4 N–H and O–H groups in total. The standard InChI is InChI=1S/C13H10Cl2N2O/c14-10-5-9(16)6-11(15)12(10)7-1-3-8(4-2-7)13(17)18/h1-6H,16H2,(H2,17,18). The molecule has 0 bridgehead atoms. The highest BCUT2D eigenvalue weighted by molar-refractivity contribution is 6.39. The lowest BCUT2D eigenvalue weighted by Crippen LogP contribution is -2.10. The third-order valence-electron chi connectivity index (χ3n) is 2.52. The van der Waals surface area contributed by atoms with Gasteiger partial charge < -0.3 is 11.5 Å². The summed E-state index contributed by atoms with van der Waals surface area (Å²) < 4.78 is 0. The van der Waals surface area contributed by atoms with Crippen molar-refractivity contribution in [3.05, 3.63) is 52.0 Å². The van der Waals surface area contributed by atoms with E-state index in [9.17, 15) is 4.79 Å². The van der Waals surface area contributed by atoms with E-state index in [4.69, 9.17) is 34.7 Å². The minimum atomic E-state index is -0.476. The summed E-state index contributed by atoms with van der Waals surface area (Å²) in [6.45, 7) is 0. The first kappa shape index (κ1) is 12.7. The number of halogens is 2. The first-order valence-electron chi connectivity index (χ1n) is 5.14. The van der Waals surface area contributed by atoms with E-state index in [0.717, 1.165) is 5.56 Å². The molecule has 0 heterocycles. The molecule has 92 valence electrons. The topological polar surface area (TPSA) is 69.1 Å². The van der Waals surface area contributed by atoms with Crippen molar-refractivity contribution in [2.75, 3.05) is 5.73 Å². The van der Waals surface area contributed by atoms with E-state index in [0.29, 0.717) is 26.9 Å². The molecule has 0 fully saturated rings. The maximum atomic E-state index is 11.0. The summed E-state index contributed by atoms with van der Waals surface area (Å²) in [7, 11) is 0. The summed E-state index contributed by atoms with van der Waals surface area (Å²) in [4.78, 5) is 11.0. The van der Waals surface area contributed by atoms with Crippen molar-refractivity contribution in [3.8, 4) is 11.1 Å². The molecule has 3 nitrogen and oxygen atoms in total. The Morgan fingerprint density at radius 3 is 1.94 bits per heavy atom. The number of benzene rings is 2. The fourth-order valence-electron chi connectivity index (χ4n) is 1.67. The molecule has 0 aliphatic rings. The monoisotopic (exact) mass is 280 g/mol. The van der Waals surface area contributed by atoms with Gasteiger partial charge in [-0.15, -0.1) is 0 Å². The SMILES string of the molecule is NC(=O)c1ccc(-c2c(Cl)cc(N)cc2Cl)cc1. The molecule has 0 aromatic heterocycles. The van der Waals surface area contributed by atoms with E-state index in [-0.39, 0.29) is 0 Å². The number of carbonyl (C=O) groups is 1. The Morgan fingerprint density at radius 2 is 1.50 bits per heavy atom. The van der Waals surface area contributed by atoms with Crippen LogP contribution in [0.4, 0.5) is 5.69 Å². The van der Waals surface area contributed by atoms with Crippen LogP contribution in [0.2, 0.25) is 10.0 Å². The maximum Gasteiger partial charge on any atom is 0.248 e. The van der Waals surface area contributed by atoms with Crippen LogP contribution >= 0.6 is 23.2 Å². The van der Waals surface area contributed by atoms with E-state index in [1.807, 2.05) is 0 Å². The normalized spacial score (nSPS) is 10.3. The molecule has 0 aliphatic heterocycles. The molecule has 0 saturated heterocycles. The molecule has 0 aliphatic carbocycles. The van der Waals surface area contributed by atoms with Crippen molar-refractivity contribution in [1.29, 1.82) is 0 Å². The first-order chi connectivity index (χ1) is 8.49. The van der Waals surface area contributed by atoms with Gasteiger partial charge >= 0.3 is 0 Å². The Hall–Kier alpha value is -1.71. The summed E-state index contributed by atoms with van der Waals surface area (Å²) in [5.41, 5.74) is 13.2. The second-order valence-corrected chi connectivity index (χ2v) is 4.62. The molecule has 2 aromatic carbocycles. The highest BCUT2D eigenvalue weighted by Crippen LogP contribution is 2.36. The van der Waals surface area contributed by atoms with Gasteiger partial charge in [0.2, 0.25) is 5.91 Å². The van der Waals surface area contributed by atoms with E-state index in [2.05, 4.69) is 0 Å². The van der Waals surface area contributed by atoms with Gasteiger partial charge in [-0.05, 0) is 29.8 Å². The van der Waals surface area contributed by atoms with Gasteiger partial charge in [0, 0.05) is 16.8 Å². The predicted molar refractivity (Wildman–Crippen MR) is 74.8 cm³/mol. The average Bonchev–Trinajstić information content (AvgIpc) is 2.28. The Bertz CT molecular complexity index is 586. The number of primary amides is 1. The fraction of sp³-hybridized carbons (Fsp3) is 0. The zero-order chi connectivity index (χ0) is 13.3. The molecule has 0 saturated carbocycles. The lowest BCUT2D eigenvalue weighted by atomic mass is 10.0. The van der Waals surface area contributed by atoms with E-state index in [1.165, 1.54) is 0 Å². The van der Waals surface area contributed by atoms with E-state index >= 15 is 0 Å². The van der Waals surface area contributed by atoms with Gasteiger partial charge in [-0.25, -0.2) is 0 Å². The number of hydrogen-bond donors (Lipinski definition) is 2. The summed E-state index contributed by atoms with van der Waals surface area (Å²) in [5, 5.41) is 0.929. The number of nitrogen functional groups attached to an aromatic ring is 1. The Labute approximate surface area is 114 Å². The lowest BCUT2D eigenvalue weighted by Gasteiger charge is -2.09. The fourth-order valence-corrected chi connectivity index (χ4v) is 2.39. The second kappa shape index (κ2) is 4.88. The lowest BCUT2D eigenvalue weighted by molar-refractivity contribution is 0.100. The number of carbonyl (C=O) groups excluding carboxylic acids is 1. The van der Waals surface area contributed by atoms with Crippen molar-refractivity contribution in [2.45, 2.75) is 0 Å². The van der Waals surface area contributed by atoms with Crippen LogP contribution < -0.4 is 11.5 Å². The van der Waals surface area contributed by atoms with Crippen molar-refractivity contribution < 1.29 is 4.79 Å². The van der Waals surface area contributed by atoms with Crippen molar-refractivity contribution in [1.82, 2.24) is 0 Å². The largest absolute Gasteiger partial charge is 0.399 e. The second-order valence-electron chi connectivity index (χ2n) is 3.80. The molecule has 0 atom stereocenters. The molecular weight excluding hydrogens is 271 g/mol. The zero-order valence-corrected chi connectivity index (χ0v) is 10.8. The van der Waals surface area contributed by atoms with Gasteiger partial charge in [-0.1, -0.05) is 35.3 Å². The maximum absolute atomic E-state index is 11.0. The van der Waals surface area contributed by atoms with Crippen LogP contribution in [0.5, 0.6) is 0 Å². The van der Waals surface area contributed by atoms with E-state index in [1.54, 1.807) is 36.4 Å². The molecule has 0 unspecified atom stereocenters. The minimum Gasteiger partial charge on any atom is -0.399 e. The predicted octanol–water partition coefficient (Wildman–Crippen LogP) is 3.34. The summed E-state index contributed by atoms with van der Waals surface area (Å²) >= 11 is 12.2. The van der Waals surface area contributed by atoms with Gasteiger partial charge in [-0.3, -0.25) is 4.79 Å². The quantitative estimate of drug-likeness (QED) is 0.829. The van der Waals surface area contributed by atoms with Gasteiger partial charge in [-0.2, -0.15) is 0 Å². The molecule has 0 radical (unpaired) electrons. The molecule has 0 spiro atoms. The van der Waals surface area contributed by atoms with Crippen LogP contribution in [0.3, 0.4) is 0 Å². The molecule has 18 heavy (non-hydrogen) atoms. The smallest absolute Gasteiger partial charge is 0.248 e. The number of rotatable bonds is 2. The third-order valence-corrected chi connectivity index (χ3v) is 3.12. The average molecular weight is 281 g/mol. The number of hydrogen-bond acceptors (Lipinski definition) is 2. The number of amides is 1. The van der Waals surface area contributed by atoms with Crippen molar-refractivity contribution >= 4 is 34.8 Å². The third kappa shape index (κ3) is 2.42. The first-order valence-corrected chi connectivity index (χ1v) is 5.89. The highest BCUT2D eigenvalue weighted by Gasteiger charge is 2.10. The molecule has 2 aromatic rings. The summed E-state index contributed by atoms with van der Waals surface area (Å²) in [6, 6.07) is 9.99. The van der Waals surface area contributed by atoms with Gasteiger partial charge in [0.15, 0.2) is 0 Å². The molecular formula is C13H10Cl2N2O. The Kier molecular flexibility index (Phi) is 3.45. The van der Waals surface area contributed by atoms with Gasteiger partial charge in [0.05, 0.1) is 10.0 Å². The number of anilines is 1. The van der Waals surface area contributed by atoms with Crippen LogP contribution in [0, 0.1) is 0 Å². The van der Waals surface area contributed by atoms with Crippen LogP contribution in [0.15, 0.2) is 36.4 Å². The minimum absolute atomic E-state index is 0.432. The zero-order valence-electron chi connectivity index (χ0n) is 9.28. The summed E-state index contributed by atoms with van der Waals surface area (Å²) in [6.07, 6.45) is 0. The Balaban J connectivity index is 2.52. The molecule has 2 rings (SSSR count). The van der Waals surface area contributed by atoms with Crippen LogP contribution in [-0.2, 0) is 0 Å². The molecule has 1 amide bonds. The van der Waals surface area contributed by atoms with Crippen LogP contribution in [0.25, 0.3) is 11.1 Å². The number of nitrogens with two attached hydrogens (primary N) is 2. The van der Waals surface area contributed by atoms with Gasteiger partial charge in [0.1, 0.15) is 0 Å². The van der Waals surface area contributed by atoms with Crippen LogP contribution in [0.1, 0.15) is 10.4 Å². The van der Waals surface area contributed by atoms with Crippen molar-refractivity contribution in [3.63, 3.8) is 0 Å². The van der Waals surface area contributed by atoms with Gasteiger partial charge in [0.25, 0.3) is 0 Å². The van der Waals surface area contributed by atoms with E-state index < -0.39 is 5.91 Å². The molecule has 5 heteroatoms. The highest BCUT2D eigenvalue weighted by atomic mass is 35.5. The van der Waals surface area contributed by atoms with Crippen molar-refractivity contribution in [2.24, 2.45) is 5.73 Å². The van der Waals surface area contributed by atoms with Crippen LogP contribution in [-0.4, -0.2) is 5.91 Å². The Morgan fingerprint density at radius 1 is 1.00 bits per heavy atom.